The van der Waals surface area contributed by atoms with E-state index in [9.17, 15) is 4.79 Å². The number of amides is 1. The fourth-order valence-corrected chi connectivity index (χ4v) is 1.15. The molecule has 0 spiro atoms. The third-order valence-electron chi connectivity index (χ3n) is 2.09. The second-order valence-corrected chi connectivity index (χ2v) is 4.26. The molecule has 0 radical (unpaired) electrons. The van der Waals surface area contributed by atoms with Crippen molar-refractivity contribution in [2.24, 2.45) is 0 Å². The Kier molecular flexibility index (Phi) is 2.89. The van der Waals surface area contributed by atoms with Crippen molar-refractivity contribution < 1.29 is 4.79 Å². The monoisotopic (exact) mass is 192 g/mol. The number of hydrogen-bond donors (Lipinski definition) is 1. The summed E-state index contributed by atoms with van der Waals surface area (Å²) in [6.45, 7) is 6.32. The number of hydrogen-bond acceptors (Lipinski definition) is 2. The van der Waals surface area contributed by atoms with Gasteiger partial charge in [0.2, 0.25) is 0 Å². The Morgan fingerprint density at radius 3 is 2.57 bits per heavy atom. The molecule has 1 amide bonds. The van der Waals surface area contributed by atoms with Crippen LogP contribution in [0.15, 0.2) is 18.3 Å². The number of carbonyl (C=O) groups is 1. The van der Waals surface area contributed by atoms with Gasteiger partial charge in [-0.05, 0) is 23.1 Å². The van der Waals surface area contributed by atoms with Crippen molar-refractivity contribution in [1.29, 1.82) is 0 Å². The summed E-state index contributed by atoms with van der Waals surface area (Å²) in [6.07, 6.45) is 1.67. The van der Waals surface area contributed by atoms with Crippen LogP contribution in [0.1, 0.15) is 36.8 Å². The lowest BCUT2D eigenvalue weighted by molar-refractivity contribution is 0.0958. The molecule has 1 aromatic heterocycles. The van der Waals surface area contributed by atoms with Crippen molar-refractivity contribution in [2.45, 2.75) is 26.2 Å². The van der Waals surface area contributed by atoms with Gasteiger partial charge in [-0.15, -0.1) is 0 Å². The van der Waals surface area contributed by atoms with E-state index in [0.29, 0.717) is 5.69 Å². The Morgan fingerprint density at radius 2 is 2.07 bits per heavy atom. The van der Waals surface area contributed by atoms with Crippen molar-refractivity contribution in [3.05, 3.63) is 29.6 Å². The average molecular weight is 192 g/mol. The lowest BCUT2D eigenvalue weighted by Crippen LogP contribution is -2.20. The molecule has 1 heterocycles. The summed E-state index contributed by atoms with van der Waals surface area (Å²) in [6, 6.07) is 3.77. The molecule has 3 heteroatoms. The summed E-state index contributed by atoms with van der Waals surface area (Å²) >= 11 is 0. The summed E-state index contributed by atoms with van der Waals surface area (Å²) < 4.78 is 0. The van der Waals surface area contributed by atoms with Crippen LogP contribution in [0.4, 0.5) is 0 Å². The third-order valence-corrected chi connectivity index (χ3v) is 2.09. The Labute approximate surface area is 84.6 Å². The zero-order chi connectivity index (χ0) is 10.8. The molecule has 0 aliphatic carbocycles. The van der Waals surface area contributed by atoms with Gasteiger partial charge in [0, 0.05) is 13.2 Å². The molecular weight excluding hydrogens is 176 g/mol. The van der Waals surface area contributed by atoms with Gasteiger partial charge in [-0.2, -0.15) is 0 Å². The van der Waals surface area contributed by atoms with Crippen LogP contribution in [0.5, 0.6) is 0 Å². The third kappa shape index (κ3) is 2.31. The summed E-state index contributed by atoms with van der Waals surface area (Å²) in [5.74, 6) is -0.143. The SMILES string of the molecule is CNC(=O)c1cc(C(C)(C)C)ccn1. The summed E-state index contributed by atoms with van der Waals surface area (Å²) in [5.41, 5.74) is 1.64. The predicted octanol–water partition coefficient (Wildman–Crippen LogP) is 1.74. The molecule has 1 rings (SSSR count). The van der Waals surface area contributed by atoms with Gasteiger partial charge in [0.25, 0.3) is 5.91 Å². The molecule has 1 aromatic rings. The molecule has 0 aromatic carbocycles. The Balaban J connectivity index is 3.08. The van der Waals surface area contributed by atoms with E-state index in [2.05, 4.69) is 31.1 Å². The van der Waals surface area contributed by atoms with Gasteiger partial charge >= 0.3 is 0 Å². The van der Waals surface area contributed by atoms with E-state index in [1.165, 1.54) is 0 Å². The van der Waals surface area contributed by atoms with Gasteiger partial charge in [0.05, 0.1) is 0 Å². The van der Waals surface area contributed by atoms with E-state index in [-0.39, 0.29) is 11.3 Å². The quantitative estimate of drug-likeness (QED) is 0.736. The van der Waals surface area contributed by atoms with Gasteiger partial charge in [-0.1, -0.05) is 20.8 Å². The fourth-order valence-electron chi connectivity index (χ4n) is 1.15. The van der Waals surface area contributed by atoms with Gasteiger partial charge in [0.1, 0.15) is 5.69 Å². The molecule has 0 saturated heterocycles. The molecule has 0 aliphatic rings. The predicted molar refractivity (Wildman–Crippen MR) is 56.3 cm³/mol. The highest BCUT2D eigenvalue weighted by Gasteiger charge is 2.15. The van der Waals surface area contributed by atoms with Crippen LogP contribution < -0.4 is 5.32 Å². The van der Waals surface area contributed by atoms with E-state index < -0.39 is 0 Å². The Bertz CT molecular complexity index is 339. The van der Waals surface area contributed by atoms with Crippen LogP contribution in [0, 0.1) is 0 Å². The molecular formula is C11H16N2O. The maximum Gasteiger partial charge on any atom is 0.269 e. The molecule has 76 valence electrons. The summed E-state index contributed by atoms with van der Waals surface area (Å²) in [7, 11) is 1.60. The minimum absolute atomic E-state index is 0.0473. The Hall–Kier alpha value is -1.38. The van der Waals surface area contributed by atoms with Crippen LogP contribution in [-0.4, -0.2) is 17.9 Å². The van der Waals surface area contributed by atoms with Crippen molar-refractivity contribution in [3.8, 4) is 0 Å². The molecule has 14 heavy (non-hydrogen) atoms. The molecule has 3 nitrogen and oxygen atoms in total. The van der Waals surface area contributed by atoms with E-state index in [1.54, 1.807) is 13.2 Å². The average Bonchev–Trinajstić information content (AvgIpc) is 2.15. The van der Waals surface area contributed by atoms with Crippen molar-refractivity contribution in [3.63, 3.8) is 0 Å². The highest BCUT2D eigenvalue weighted by Crippen LogP contribution is 2.21. The van der Waals surface area contributed by atoms with E-state index in [1.807, 2.05) is 12.1 Å². The molecule has 0 fully saturated rings. The maximum atomic E-state index is 11.3. The van der Waals surface area contributed by atoms with Gasteiger partial charge in [0.15, 0.2) is 0 Å². The standard InChI is InChI=1S/C11H16N2O/c1-11(2,3)8-5-6-13-9(7-8)10(14)12-4/h5-7H,1-4H3,(H,12,14). The van der Waals surface area contributed by atoms with Crippen LogP contribution in [0.25, 0.3) is 0 Å². The van der Waals surface area contributed by atoms with E-state index in [0.717, 1.165) is 5.56 Å². The van der Waals surface area contributed by atoms with Gasteiger partial charge in [-0.25, -0.2) is 0 Å². The number of rotatable bonds is 1. The number of nitrogens with zero attached hydrogens (tertiary/aromatic N) is 1. The molecule has 0 unspecified atom stereocenters. The normalized spacial score (nSPS) is 11.1. The fraction of sp³-hybridized carbons (Fsp3) is 0.455. The van der Waals surface area contributed by atoms with E-state index in [4.69, 9.17) is 0 Å². The highest BCUT2D eigenvalue weighted by atomic mass is 16.1. The minimum Gasteiger partial charge on any atom is -0.354 e. The lowest BCUT2D eigenvalue weighted by atomic mass is 9.87. The number of carbonyl (C=O) groups excluding carboxylic acids is 1. The largest absolute Gasteiger partial charge is 0.354 e. The molecule has 0 bridgehead atoms. The number of aromatic nitrogens is 1. The number of pyridine rings is 1. The van der Waals surface area contributed by atoms with Crippen LogP contribution in [0.3, 0.4) is 0 Å². The van der Waals surface area contributed by atoms with Crippen molar-refractivity contribution >= 4 is 5.91 Å². The molecule has 0 saturated carbocycles. The first-order valence-electron chi connectivity index (χ1n) is 4.64. The summed E-state index contributed by atoms with van der Waals surface area (Å²) in [4.78, 5) is 15.3. The molecule has 1 N–H and O–H groups in total. The Morgan fingerprint density at radius 1 is 1.43 bits per heavy atom. The van der Waals surface area contributed by atoms with E-state index >= 15 is 0 Å². The van der Waals surface area contributed by atoms with Crippen LogP contribution in [0.2, 0.25) is 0 Å². The first-order chi connectivity index (χ1) is 6.45. The van der Waals surface area contributed by atoms with Gasteiger partial charge < -0.3 is 5.32 Å². The first-order valence-corrected chi connectivity index (χ1v) is 4.64. The maximum absolute atomic E-state index is 11.3. The smallest absolute Gasteiger partial charge is 0.269 e. The first kappa shape index (κ1) is 10.7. The zero-order valence-corrected chi connectivity index (χ0v) is 9.09. The second kappa shape index (κ2) is 3.78. The minimum atomic E-state index is -0.143. The topological polar surface area (TPSA) is 42.0 Å². The molecule has 0 atom stereocenters. The lowest BCUT2D eigenvalue weighted by Gasteiger charge is -2.18. The van der Waals surface area contributed by atoms with Crippen LogP contribution in [-0.2, 0) is 5.41 Å². The summed E-state index contributed by atoms with van der Waals surface area (Å²) in [5, 5.41) is 2.56. The second-order valence-electron chi connectivity index (χ2n) is 4.26. The zero-order valence-electron chi connectivity index (χ0n) is 9.09. The van der Waals surface area contributed by atoms with Crippen molar-refractivity contribution in [2.75, 3.05) is 7.05 Å². The number of nitrogens with one attached hydrogen (secondary N) is 1. The van der Waals surface area contributed by atoms with Gasteiger partial charge in [-0.3, -0.25) is 9.78 Å². The van der Waals surface area contributed by atoms with Crippen molar-refractivity contribution in [1.82, 2.24) is 10.3 Å². The highest BCUT2D eigenvalue weighted by molar-refractivity contribution is 5.92. The molecule has 0 aliphatic heterocycles. The van der Waals surface area contributed by atoms with Crippen LogP contribution >= 0.6 is 0 Å².